The van der Waals surface area contributed by atoms with Crippen LogP contribution in [0.5, 0.6) is 0 Å². The van der Waals surface area contributed by atoms with Crippen molar-refractivity contribution in [3.63, 3.8) is 0 Å². The quantitative estimate of drug-likeness (QED) is 0.238. The molecule has 34 heavy (non-hydrogen) atoms. The van der Waals surface area contributed by atoms with E-state index < -0.39 is 5.97 Å². The number of carboxylic acid groups (broad SMARTS) is 1. The highest BCUT2D eigenvalue weighted by Gasteiger charge is 2.47. The lowest BCUT2D eigenvalue weighted by Crippen LogP contribution is -2.43. The number of carboxylic acids is 1. The van der Waals surface area contributed by atoms with Crippen LogP contribution in [0.3, 0.4) is 0 Å². The van der Waals surface area contributed by atoms with Crippen LogP contribution in [0.15, 0.2) is 53.9 Å². The molecule has 1 aromatic carbocycles. The molecule has 2 aliphatic rings. The lowest BCUT2D eigenvalue weighted by molar-refractivity contribution is -0.137. The van der Waals surface area contributed by atoms with Crippen molar-refractivity contribution in [2.24, 2.45) is 17.8 Å². The summed E-state index contributed by atoms with van der Waals surface area (Å²) in [6.45, 7) is 0. The number of allylic oxidation sites excluding steroid dienone is 2. The second-order valence-corrected chi connectivity index (χ2v) is 11.8. The monoisotopic (exact) mass is 493 g/mol. The first kappa shape index (κ1) is 23.3. The van der Waals surface area contributed by atoms with E-state index in [2.05, 4.69) is 53.2 Å². The lowest BCUT2D eigenvalue weighted by atomic mass is 9.82. The number of hydrogen-bond donors (Lipinski definition) is 2. The molecule has 1 amide bonds. The van der Waals surface area contributed by atoms with Gasteiger partial charge in [-0.05, 0) is 90.8 Å². The Morgan fingerprint density at radius 3 is 2.82 bits per heavy atom. The molecule has 2 bridgehead atoms. The van der Waals surface area contributed by atoms with Gasteiger partial charge in [0.1, 0.15) is 0 Å². The van der Waals surface area contributed by atoms with Crippen LogP contribution in [0.25, 0.3) is 10.1 Å². The predicted molar refractivity (Wildman–Crippen MR) is 140 cm³/mol. The summed E-state index contributed by atoms with van der Waals surface area (Å²) in [7, 11) is 0. The van der Waals surface area contributed by atoms with Gasteiger partial charge in [0.2, 0.25) is 0 Å². The smallest absolute Gasteiger partial charge is 0.303 e. The SMILES string of the molecule is O=C(O)CCCC=CCC1C2CCC(C2)C1NC(=O)c1ccc(Cc2csc3ccccc23)s1. The van der Waals surface area contributed by atoms with Crippen molar-refractivity contribution >= 4 is 44.6 Å². The second-order valence-electron chi connectivity index (χ2n) is 9.69. The number of carbonyl (C=O) groups is 2. The van der Waals surface area contributed by atoms with Gasteiger partial charge in [0, 0.05) is 28.5 Å². The van der Waals surface area contributed by atoms with Gasteiger partial charge in [-0.3, -0.25) is 9.59 Å². The first-order chi connectivity index (χ1) is 16.6. The molecule has 4 atom stereocenters. The summed E-state index contributed by atoms with van der Waals surface area (Å²) < 4.78 is 1.31. The minimum Gasteiger partial charge on any atom is -0.481 e. The average Bonchev–Trinajstić information content (AvgIpc) is 3.62. The Balaban J connectivity index is 1.19. The maximum absolute atomic E-state index is 13.2. The predicted octanol–water partition coefficient (Wildman–Crippen LogP) is 6.90. The fraction of sp³-hybridized carbons (Fsp3) is 0.429. The summed E-state index contributed by atoms with van der Waals surface area (Å²) in [4.78, 5) is 25.8. The Labute approximate surface area is 208 Å². The van der Waals surface area contributed by atoms with Crippen molar-refractivity contribution < 1.29 is 14.7 Å². The third kappa shape index (κ3) is 5.13. The number of rotatable bonds is 10. The Morgan fingerprint density at radius 2 is 1.94 bits per heavy atom. The number of benzene rings is 1. The van der Waals surface area contributed by atoms with Crippen LogP contribution in [0.4, 0.5) is 0 Å². The van der Waals surface area contributed by atoms with E-state index in [1.165, 1.54) is 39.8 Å². The minimum absolute atomic E-state index is 0.0689. The molecule has 0 radical (unpaired) electrons. The van der Waals surface area contributed by atoms with Crippen molar-refractivity contribution in [3.05, 3.63) is 69.2 Å². The Bertz CT molecular complexity index is 1190. The highest BCUT2D eigenvalue weighted by molar-refractivity contribution is 7.17. The molecular weight excluding hydrogens is 462 g/mol. The van der Waals surface area contributed by atoms with E-state index in [9.17, 15) is 9.59 Å². The Morgan fingerprint density at radius 1 is 1.09 bits per heavy atom. The van der Waals surface area contributed by atoms with Gasteiger partial charge in [-0.15, -0.1) is 22.7 Å². The molecule has 5 rings (SSSR count). The number of amides is 1. The van der Waals surface area contributed by atoms with Crippen LogP contribution in [-0.4, -0.2) is 23.0 Å². The second kappa shape index (κ2) is 10.4. The van der Waals surface area contributed by atoms with Crippen LogP contribution >= 0.6 is 22.7 Å². The van der Waals surface area contributed by atoms with Gasteiger partial charge in [-0.2, -0.15) is 0 Å². The number of fused-ring (bicyclic) bond motifs is 3. The molecular formula is C28H31NO3S2. The molecule has 2 saturated carbocycles. The normalized spacial score (nSPS) is 23.8. The Hall–Kier alpha value is -2.44. The third-order valence-corrected chi connectivity index (χ3v) is 9.63. The zero-order valence-electron chi connectivity index (χ0n) is 19.2. The molecule has 4 nitrogen and oxygen atoms in total. The maximum atomic E-state index is 13.2. The average molecular weight is 494 g/mol. The van der Waals surface area contributed by atoms with Crippen LogP contribution in [0, 0.1) is 17.8 Å². The van der Waals surface area contributed by atoms with Crippen molar-refractivity contribution in [2.45, 2.75) is 57.4 Å². The first-order valence-corrected chi connectivity index (χ1v) is 14.0. The van der Waals surface area contributed by atoms with E-state index >= 15 is 0 Å². The van der Waals surface area contributed by atoms with E-state index in [0.717, 1.165) is 24.1 Å². The molecule has 2 heterocycles. The van der Waals surface area contributed by atoms with E-state index in [0.29, 0.717) is 24.2 Å². The molecule has 2 aliphatic carbocycles. The van der Waals surface area contributed by atoms with E-state index in [-0.39, 0.29) is 18.4 Å². The Kier molecular flexibility index (Phi) is 7.16. The van der Waals surface area contributed by atoms with Gasteiger partial charge in [-0.25, -0.2) is 0 Å². The number of unbranched alkanes of at least 4 members (excludes halogenated alkanes) is 1. The molecule has 178 valence electrons. The van der Waals surface area contributed by atoms with Crippen LogP contribution in [0.1, 0.15) is 65.1 Å². The molecule has 4 unspecified atom stereocenters. The van der Waals surface area contributed by atoms with Gasteiger partial charge in [0.25, 0.3) is 5.91 Å². The summed E-state index contributed by atoms with van der Waals surface area (Å²) >= 11 is 3.39. The fourth-order valence-corrected chi connectivity index (χ4v) is 7.79. The highest BCUT2D eigenvalue weighted by Crippen LogP contribution is 2.50. The standard InChI is InChI=1S/C28H31NO3S2/c30-26(31)10-4-2-1-3-8-23-18-11-12-19(15-18)27(23)29-28(32)25-14-13-21(34-25)16-20-17-33-24-9-6-5-7-22(20)24/h1,3,5-7,9,13-14,17-19,23,27H,2,4,8,10-12,15-16H2,(H,29,32)(H,30,31). The van der Waals surface area contributed by atoms with E-state index in [4.69, 9.17) is 5.11 Å². The molecule has 2 fully saturated rings. The minimum atomic E-state index is -0.732. The number of thiophene rings is 2. The summed E-state index contributed by atoms with van der Waals surface area (Å²) in [5.74, 6) is 1.12. The molecule has 6 heteroatoms. The third-order valence-electron chi connectivity index (χ3n) is 7.53. The number of aliphatic carboxylic acids is 1. The summed E-state index contributed by atoms with van der Waals surface area (Å²) in [6, 6.07) is 12.8. The molecule has 0 saturated heterocycles. The van der Waals surface area contributed by atoms with Crippen molar-refractivity contribution in [1.29, 1.82) is 0 Å². The highest BCUT2D eigenvalue weighted by atomic mass is 32.1. The summed E-state index contributed by atoms with van der Waals surface area (Å²) in [5, 5.41) is 15.7. The van der Waals surface area contributed by atoms with E-state index in [1.807, 2.05) is 6.07 Å². The molecule has 2 aromatic heterocycles. The first-order valence-electron chi connectivity index (χ1n) is 12.3. The van der Waals surface area contributed by atoms with Gasteiger partial charge >= 0.3 is 5.97 Å². The van der Waals surface area contributed by atoms with Crippen LogP contribution in [0.2, 0.25) is 0 Å². The zero-order valence-corrected chi connectivity index (χ0v) is 20.9. The molecule has 0 spiro atoms. The number of carbonyl (C=O) groups excluding carboxylic acids is 1. The van der Waals surface area contributed by atoms with Crippen LogP contribution < -0.4 is 5.32 Å². The van der Waals surface area contributed by atoms with Crippen molar-refractivity contribution in [1.82, 2.24) is 5.32 Å². The van der Waals surface area contributed by atoms with Gasteiger partial charge in [0.15, 0.2) is 0 Å². The topological polar surface area (TPSA) is 66.4 Å². The summed E-state index contributed by atoms with van der Waals surface area (Å²) in [5.41, 5.74) is 1.33. The van der Waals surface area contributed by atoms with Crippen molar-refractivity contribution in [3.8, 4) is 0 Å². The number of hydrogen-bond acceptors (Lipinski definition) is 4. The van der Waals surface area contributed by atoms with Gasteiger partial charge in [0.05, 0.1) is 4.88 Å². The van der Waals surface area contributed by atoms with Crippen molar-refractivity contribution in [2.75, 3.05) is 0 Å². The zero-order chi connectivity index (χ0) is 23.5. The largest absolute Gasteiger partial charge is 0.481 e. The van der Waals surface area contributed by atoms with Gasteiger partial charge in [-0.1, -0.05) is 30.4 Å². The summed E-state index contributed by atoms with van der Waals surface area (Å²) in [6.07, 6.45) is 11.6. The van der Waals surface area contributed by atoms with E-state index in [1.54, 1.807) is 22.7 Å². The molecule has 3 aromatic rings. The number of nitrogens with one attached hydrogen (secondary N) is 1. The maximum Gasteiger partial charge on any atom is 0.303 e. The fourth-order valence-electron chi connectivity index (χ4n) is 5.89. The molecule has 2 N–H and O–H groups in total. The van der Waals surface area contributed by atoms with Gasteiger partial charge < -0.3 is 10.4 Å². The van der Waals surface area contributed by atoms with Crippen LogP contribution in [-0.2, 0) is 11.2 Å². The lowest BCUT2D eigenvalue weighted by Gasteiger charge is -2.31. The molecule has 0 aliphatic heterocycles.